The molecule has 1 saturated carbocycles. The SMILES string of the molecule is CCC(C(=O)NCCC1CCCCC1)C(N)=S. The fourth-order valence-electron chi connectivity index (χ4n) is 2.51. The maximum atomic E-state index is 11.8. The number of amides is 1. The average molecular weight is 256 g/mol. The molecule has 3 nitrogen and oxygen atoms in total. The van der Waals surface area contributed by atoms with Gasteiger partial charge in [-0.1, -0.05) is 51.2 Å². The molecule has 98 valence electrons. The van der Waals surface area contributed by atoms with Crippen molar-refractivity contribution >= 4 is 23.1 Å². The van der Waals surface area contributed by atoms with Crippen LogP contribution < -0.4 is 11.1 Å². The first-order valence-electron chi connectivity index (χ1n) is 6.72. The molecule has 0 saturated heterocycles. The Morgan fingerprint density at radius 2 is 2.06 bits per heavy atom. The molecule has 0 heterocycles. The molecule has 1 aliphatic carbocycles. The second-order valence-corrected chi connectivity index (χ2v) is 5.42. The first-order valence-corrected chi connectivity index (χ1v) is 7.13. The lowest BCUT2D eigenvalue weighted by atomic mass is 9.87. The lowest BCUT2D eigenvalue weighted by molar-refractivity contribution is -0.123. The van der Waals surface area contributed by atoms with Crippen LogP contribution in [0.5, 0.6) is 0 Å². The van der Waals surface area contributed by atoms with Crippen LogP contribution in [0.4, 0.5) is 0 Å². The molecule has 0 spiro atoms. The van der Waals surface area contributed by atoms with Crippen molar-refractivity contribution in [1.82, 2.24) is 5.32 Å². The van der Waals surface area contributed by atoms with Crippen LogP contribution in [0.1, 0.15) is 51.9 Å². The molecule has 1 unspecified atom stereocenters. The van der Waals surface area contributed by atoms with Gasteiger partial charge in [0.05, 0.1) is 10.9 Å². The van der Waals surface area contributed by atoms with E-state index in [1.165, 1.54) is 32.1 Å². The van der Waals surface area contributed by atoms with Crippen molar-refractivity contribution in [1.29, 1.82) is 0 Å². The average Bonchev–Trinajstić information content (AvgIpc) is 2.30. The van der Waals surface area contributed by atoms with Crippen molar-refractivity contribution in [2.24, 2.45) is 17.6 Å². The monoisotopic (exact) mass is 256 g/mol. The van der Waals surface area contributed by atoms with Gasteiger partial charge in [0.15, 0.2) is 0 Å². The molecule has 1 fully saturated rings. The minimum atomic E-state index is -0.295. The van der Waals surface area contributed by atoms with Crippen LogP contribution in [0.2, 0.25) is 0 Å². The molecule has 1 amide bonds. The first-order chi connectivity index (χ1) is 8.15. The standard InChI is InChI=1S/C13H24N2OS/c1-2-11(12(14)17)13(16)15-9-8-10-6-4-3-5-7-10/h10-11H,2-9H2,1H3,(H2,14,17)(H,15,16). The third-order valence-electron chi connectivity index (χ3n) is 3.64. The Morgan fingerprint density at radius 1 is 1.41 bits per heavy atom. The number of carbonyl (C=O) groups is 1. The third-order valence-corrected chi connectivity index (χ3v) is 3.93. The molecule has 0 aliphatic heterocycles. The van der Waals surface area contributed by atoms with E-state index in [1.807, 2.05) is 6.92 Å². The van der Waals surface area contributed by atoms with Gasteiger partial charge in [-0.05, 0) is 18.8 Å². The highest BCUT2D eigenvalue weighted by Gasteiger charge is 2.19. The fraction of sp³-hybridized carbons (Fsp3) is 0.846. The molecular weight excluding hydrogens is 232 g/mol. The maximum absolute atomic E-state index is 11.8. The molecule has 0 aromatic rings. The Hall–Kier alpha value is -0.640. The zero-order valence-corrected chi connectivity index (χ0v) is 11.5. The van der Waals surface area contributed by atoms with Gasteiger partial charge in [0.25, 0.3) is 0 Å². The lowest BCUT2D eigenvalue weighted by Gasteiger charge is -2.22. The molecule has 1 atom stereocenters. The van der Waals surface area contributed by atoms with E-state index in [9.17, 15) is 4.79 Å². The minimum absolute atomic E-state index is 0.00388. The highest BCUT2D eigenvalue weighted by Crippen LogP contribution is 2.25. The Labute approximate surface area is 110 Å². The quantitative estimate of drug-likeness (QED) is 0.717. The van der Waals surface area contributed by atoms with E-state index >= 15 is 0 Å². The third kappa shape index (κ3) is 5.02. The normalized spacial score (nSPS) is 18.6. The Kier molecular flexibility index (Phi) is 6.48. The summed E-state index contributed by atoms with van der Waals surface area (Å²) in [5.41, 5.74) is 5.53. The molecule has 0 aromatic heterocycles. The Bertz CT molecular complexity index is 262. The Morgan fingerprint density at radius 3 is 2.59 bits per heavy atom. The molecule has 0 bridgehead atoms. The van der Waals surface area contributed by atoms with Gasteiger partial charge in [-0.3, -0.25) is 4.79 Å². The van der Waals surface area contributed by atoms with E-state index in [1.54, 1.807) is 0 Å². The summed E-state index contributed by atoms with van der Waals surface area (Å²) in [5, 5.41) is 2.96. The van der Waals surface area contributed by atoms with Gasteiger partial charge in [-0.15, -0.1) is 0 Å². The van der Waals surface area contributed by atoms with Gasteiger partial charge in [0, 0.05) is 6.54 Å². The van der Waals surface area contributed by atoms with Gasteiger partial charge in [-0.2, -0.15) is 0 Å². The van der Waals surface area contributed by atoms with Crippen LogP contribution in [0.25, 0.3) is 0 Å². The fourth-order valence-corrected chi connectivity index (χ4v) is 2.79. The summed E-state index contributed by atoms with van der Waals surface area (Å²) in [6.45, 7) is 2.70. The van der Waals surface area contributed by atoms with Gasteiger partial charge in [0.2, 0.25) is 5.91 Å². The molecule has 0 radical (unpaired) electrons. The smallest absolute Gasteiger partial charge is 0.229 e. The van der Waals surface area contributed by atoms with Crippen LogP contribution >= 0.6 is 12.2 Å². The van der Waals surface area contributed by atoms with E-state index in [4.69, 9.17) is 18.0 Å². The zero-order chi connectivity index (χ0) is 12.7. The molecule has 1 aliphatic rings. The number of hydrogen-bond acceptors (Lipinski definition) is 2. The van der Waals surface area contributed by atoms with Crippen molar-refractivity contribution in [2.45, 2.75) is 51.9 Å². The van der Waals surface area contributed by atoms with E-state index in [2.05, 4.69) is 5.32 Å². The summed E-state index contributed by atoms with van der Waals surface area (Å²) in [4.78, 5) is 12.1. The summed E-state index contributed by atoms with van der Waals surface area (Å²) in [6, 6.07) is 0. The predicted octanol–water partition coefficient (Wildman–Crippen LogP) is 2.39. The summed E-state index contributed by atoms with van der Waals surface area (Å²) in [7, 11) is 0. The highest BCUT2D eigenvalue weighted by atomic mass is 32.1. The maximum Gasteiger partial charge on any atom is 0.229 e. The first kappa shape index (κ1) is 14.4. The second kappa shape index (κ2) is 7.64. The van der Waals surface area contributed by atoms with Crippen molar-refractivity contribution in [3.8, 4) is 0 Å². The number of nitrogens with two attached hydrogens (primary N) is 1. The van der Waals surface area contributed by atoms with Gasteiger partial charge in [-0.25, -0.2) is 0 Å². The topological polar surface area (TPSA) is 55.1 Å². The van der Waals surface area contributed by atoms with Gasteiger partial charge < -0.3 is 11.1 Å². The number of carbonyl (C=O) groups excluding carboxylic acids is 1. The van der Waals surface area contributed by atoms with Crippen molar-refractivity contribution in [2.75, 3.05) is 6.54 Å². The minimum Gasteiger partial charge on any atom is -0.393 e. The van der Waals surface area contributed by atoms with E-state index < -0.39 is 0 Å². The molecule has 1 rings (SSSR count). The number of rotatable bonds is 6. The molecule has 4 heteroatoms. The van der Waals surface area contributed by atoms with Crippen molar-refractivity contribution in [3.63, 3.8) is 0 Å². The Balaban J connectivity index is 2.20. The van der Waals surface area contributed by atoms with Crippen LogP contribution in [-0.2, 0) is 4.79 Å². The zero-order valence-electron chi connectivity index (χ0n) is 10.7. The second-order valence-electron chi connectivity index (χ2n) is 4.95. The summed E-state index contributed by atoms with van der Waals surface area (Å²) in [6.07, 6.45) is 8.50. The van der Waals surface area contributed by atoms with E-state index in [-0.39, 0.29) is 11.8 Å². The van der Waals surface area contributed by atoms with Crippen LogP contribution in [-0.4, -0.2) is 17.4 Å². The van der Waals surface area contributed by atoms with Gasteiger partial charge in [0.1, 0.15) is 0 Å². The van der Waals surface area contributed by atoms with E-state index in [0.29, 0.717) is 11.4 Å². The molecule has 3 N–H and O–H groups in total. The summed E-state index contributed by atoms with van der Waals surface area (Å²) in [5.74, 6) is 0.501. The van der Waals surface area contributed by atoms with Crippen LogP contribution in [0, 0.1) is 11.8 Å². The van der Waals surface area contributed by atoms with Crippen molar-refractivity contribution < 1.29 is 4.79 Å². The number of thiocarbonyl (C=S) groups is 1. The van der Waals surface area contributed by atoms with Crippen molar-refractivity contribution in [3.05, 3.63) is 0 Å². The van der Waals surface area contributed by atoms with Crippen LogP contribution in [0.3, 0.4) is 0 Å². The summed E-state index contributed by atoms with van der Waals surface area (Å²) >= 11 is 4.88. The van der Waals surface area contributed by atoms with Gasteiger partial charge >= 0.3 is 0 Å². The van der Waals surface area contributed by atoms with E-state index in [0.717, 1.165) is 18.9 Å². The summed E-state index contributed by atoms with van der Waals surface area (Å²) < 4.78 is 0. The molecule has 0 aromatic carbocycles. The molecular formula is C13H24N2OS. The molecule has 17 heavy (non-hydrogen) atoms. The number of nitrogens with one attached hydrogen (secondary N) is 1. The largest absolute Gasteiger partial charge is 0.393 e. The highest BCUT2D eigenvalue weighted by molar-refractivity contribution is 7.80. The lowest BCUT2D eigenvalue weighted by Crippen LogP contribution is -2.38. The van der Waals surface area contributed by atoms with Crippen LogP contribution in [0.15, 0.2) is 0 Å². The number of hydrogen-bond donors (Lipinski definition) is 2. The predicted molar refractivity (Wildman–Crippen MR) is 74.8 cm³/mol.